The molecule has 0 aliphatic rings. The third kappa shape index (κ3) is 4.09. The molecule has 1 aromatic heterocycles. The number of aromatic nitrogens is 2. The molecule has 0 bridgehead atoms. The molecule has 0 saturated carbocycles. The molecule has 0 atom stereocenters. The van der Waals surface area contributed by atoms with Crippen LogP contribution in [-0.4, -0.2) is 9.97 Å². The van der Waals surface area contributed by atoms with E-state index in [-0.39, 0.29) is 10.2 Å². The monoisotopic (exact) mass is 368 g/mol. The van der Waals surface area contributed by atoms with Crippen LogP contribution in [0.25, 0.3) is 0 Å². The minimum absolute atomic E-state index is 0.144. The topological polar surface area (TPSA) is 25.8 Å². The SMILES string of the molecule is FC(F)(F)c1nc(Cl)cc(Sc2cccc(Br)c2)n1. The maximum absolute atomic E-state index is 12.6. The van der Waals surface area contributed by atoms with Crippen molar-refractivity contribution in [3.63, 3.8) is 0 Å². The third-order valence-corrected chi connectivity index (χ3v) is 3.54. The lowest BCUT2D eigenvalue weighted by atomic mass is 10.4. The molecule has 2 aromatic rings. The highest BCUT2D eigenvalue weighted by atomic mass is 79.9. The molecule has 0 spiro atoms. The van der Waals surface area contributed by atoms with Crippen LogP contribution in [0.5, 0.6) is 0 Å². The molecule has 1 aromatic carbocycles. The van der Waals surface area contributed by atoms with E-state index >= 15 is 0 Å². The highest BCUT2D eigenvalue weighted by molar-refractivity contribution is 9.10. The van der Waals surface area contributed by atoms with Crippen LogP contribution in [0, 0.1) is 0 Å². The lowest BCUT2D eigenvalue weighted by Crippen LogP contribution is -2.11. The average Bonchev–Trinajstić information content (AvgIpc) is 2.26. The van der Waals surface area contributed by atoms with Gasteiger partial charge in [-0.25, -0.2) is 9.97 Å². The van der Waals surface area contributed by atoms with Crippen molar-refractivity contribution in [3.8, 4) is 0 Å². The standard InChI is InChI=1S/C11H5BrClF3N2S/c12-6-2-1-3-7(4-6)19-9-5-8(13)17-10(18-9)11(14,15)16/h1-5H. The Morgan fingerprint density at radius 3 is 2.53 bits per heavy atom. The van der Waals surface area contributed by atoms with E-state index < -0.39 is 12.0 Å². The fraction of sp³-hybridized carbons (Fsp3) is 0.0909. The first-order valence-electron chi connectivity index (χ1n) is 4.90. The Labute approximate surface area is 124 Å². The van der Waals surface area contributed by atoms with Gasteiger partial charge >= 0.3 is 6.18 Å². The smallest absolute Gasteiger partial charge is 0.217 e. The first-order valence-corrected chi connectivity index (χ1v) is 6.88. The molecule has 0 aliphatic heterocycles. The predicted molar refractivity (Wildman–Crippen MR) is 70.3 cm³/mol. The zero-order valence-corrected chi connectivity index (χ0v) is 12.2. The summed E-state index contributed by atoms with van der Waals surface area (Å²) in [6.45, 7) is 0. The van der Waals surface area contributed by atoms with E-state index in [9.17, 15) is 13.2 Å². The minimum atomic E-state index is -4.61. The van der Waals surface area contributed by atoms with Crippen molar-refractivity contribution in [1.29, 1.82) is 0 Å². The number of hydrogen-bond acceptors (Lipinski definition) is 3. The van der Waals surface area contributed by atoms with Gasteiger partial charge in [-0.1, -0.05) is 45.4 Å². The lowest BCUT2D eigenvalue weighted by Gasteiger charge is -2.07. The highest BCUT2D eigenvalue weighted by Crippen LogP contribution is 2.33. The largest absolute Gasteiger partial charge is 0.451 e. The van der Waals surface area contributed by atoms with Crippen LogP contribution in [-0.2, 0) is 6.18 Å². The third-order valence-electron chi connectivity index (χ3n) is 1.94. The Morgan fingerprint density at radius 1 is 1.16 bits per heavy atom. The van der Waals surface area contributed by atoms with Gasteiger partial charge in [-0.2, -0.15) is 13.2 Å². The van der Waals surface area contributed by atoms with E-state index in [0.717, 1.165) is 21.1 Å². The van der Waals surface area contributed by atoms with Crippen LogP contribution in [0.2, 0.25) is 5.15 Å². The second-order valence-corrected chi connectivity index (χ2v) is 5.81. The van der Waals surface area contributed by atoms with Gasteiger partial charge in [-0.3, -0.25) is 0 Å². The van der Waals surface area contributed by atoms with Crippen molar-refractivity contribution in [3.05, 3.63) is 45.8 Å². The van der Waals surface area contributed by atoms with Crippen molar-refractivity contribution in [2.24, 2.45) is 0 Å². The Hall–Kier alpha value is -0.790. The molecular formula is C11H5BrClF3N2S. The summed E-state index contributed by atoms with van der Waals surface area (Å²) in [7, 11) is 0. The summed E-state index contributed by atoms with van der Waals surface area (Å²) in [5.41, 5.74) is 0. The van der Waals surface area contributed by atoms with Gasteiger partial charge in [0.25, 0.3) is 0 Å². The van der Waals surface area contributed by atoms with Crippen LogP contribution < -0.4 is 0 Å². The summed E-state index contributed by atoms with van der Waals surface area (Å²) in [4.78, 5) is 7.38. The molecule has 8 heteroatoms. The number of alkyl halides is 3. The van der Waals surface area contributed by atoms with Crippen molar-refractivity contribution in [2.75, 3.05) is 0 Å². The maximum atomic E-state index is 12.6. The van der Waals surface area contributed by atoms with Crippen LogP contribution in [0.4, 0.5) is 13.2 Å². The first kappa shape index (κ1) is 14.6. The minimum Gasteiger partial charge on any atom is -0.217 e. The predicted octanol–water partition coefficient (Wildman–Crippen LogP) is 5.06. The second kappa shape index (κ2) is 5.68. The van der Waals surface area contributed by atoms with Crippen LogP contribution in [0.15, 0.2) is 44.7 Å². The molecular weight excluding hydrogens is 365 g/mol. The Morgan fingerprint density at radius 2 is 1.89 bits per heavy atom. The number of nitrogens with zero attached hydrogens (tertiary/aromatic N) is 2. The molecule has 2 rings (SSSR count). The van der Waals surface area contributed by atoms with Crippen molar-refractivity contribution in [2.45, 2.75) is 16.1 Å². The van der Waals surface area contributed by atoms with Crippen LogP contribution >= 0.6 is 39.3 Å². The molecule has 0 aliphatic carbocycles. The van der Waals surface area contributed by atoms with E-state index in [1.54, 1.807) is 18.2 Å². The van der Waals surface area contributed by atoms with Crippen molar-refractivity contribution < 1.29 is 13.2 Å². The molecule has 0 fully saturated rings. The Kier molecular flexibility index (Phi) is 4.37. The van der Waals surface area contributed by atoms with Gasteiger partial charge in [0.15, 0.2) is 0 Å². The van der Waals surface area contributed by atoms with Gasteiger partial charge in [0.05, 0.1) is 0 Å². The lowest BCUT2D eigenvalue weighted by molar-refractivity contribution is -0.145. The molecule has 0 saturated heterocycles. The zero-order valence-electron chi connectivity index (χ0n) is 9.08. The summed E-state index contributed by atoms with van der Waals surface area (Å²) < 4.78 is 38.5. The van der Waals surface area contributed by atoms with Gasteiger partial charge in [0.2, 0.25) is 5.82 Å². The van der Waals surface area contributed by atoms with E-state index in [1.165, 1.54) is 6.07 Å². The number of hydrogen-bond donors (Lipinski definition) is 0. The molecule has 2 nitrogen and oxygen atoms in total. The Bertz CT molecular complexity index is 607. The van der Waals surface area contributed by atoms with E-state index in [4.69, 9.17) is 11.6 Å². The summed E-state index contributed by atoms with van der Waals surface area (Å²) in [6.07, 6.45) is -4.61. The van der Waals surface area contributed by atoms with Gasteiger partial charge in [0, 0.05) is 15.4 Å². The molecule has 0 radical (unpaired) electrons. The summed E-state index contributed by atoms with van der Waals surface area (Å²) in [6, 6.07) is 8.42. The molecule has 0 amide bonds. The Balaban J connectivity index is 2.33. The number of rotatable bonds is 2. The first-order chi connectivity index (χ1) is 8.84. The average molecular weight is 370 g/mol. The zero-order chi connectivity index (χ0) is 14.0. The fourth-order valence-corrected chi connectivity index (χ4v) is 2.90. The number of benzene rings is 1. The van der Waals surface area contributed by atoms with Crippen molar-refractivity contribution >= 4 is 39.3 Å². The van der Waals surface area contributed by atoms with Crippen LogP contribution in [0.3, 0.4) is 0 Å². The van der Waals surface area contributed by atoms with Crippen molar-refractivity contribution in [1.82, 2.24) is 9.97 Å². The van der Waals surface area contributed by atoms with Gasteiger partial charge in [0.1, 0.15) is 10.2 Å². The van der Waals surface area contributed by atoms with Crippen LogP contribution in [0.1, 0.15) is 5.82 Å². The normalized spacial score (nSPS) is 11.6. The summed E-state index contributed by atoms with van der Waals surface area (Å²) in [5.74, 6) is -1.24. The summed E-state index contributed by atoms with van der Waals surface area (Å²) >= 11 is 9.94. The van der Waals surface area contributed by atoms with Gasteiger partial charge in [-0.05, 0) is 18.2 Å². The number of halogens is 5. The highest BCUT2D eigenvalue weighted by Gasteiger charge is 2.35. The quantitative estimate of drug-likeness (QED) is 0.692. The molecule has 0 N–H and O–H groups in total. The second-order valence-electron chi connectivity index (χ2n) is 3.41. The summed E-state index contributed by atoms with van der Waals surface area (Å²) in [5, 5.41) is -0.0924. The maximum Gasteiger partial charge on any atom is 0.451 e. The molecule has 100 valence electrons. The molecule has 1 heterocycles. The van der Waals surface area contributed by atoms with E-state index in [1.807, 2.05) is 6.07 Å². The van der Waals surface area contributed by atoms with Gasteiger partial charge in [-0.15, -0.1) is 0 Å². The van der Waals surface area contributed by atoms with E-state index in [0.29, 0.717) is 0 Å². The van der Waals surface area contributed by atoms with Gasteiger partial charge < -0.3 is 0 Å². The van der Waals surface area contributed by atoms with E-state index in [2.05, 4.69) is 25.9 Å². The molecule has 0 unspecified atom stereocenters. The molecule has 19 heavy (non-hydrogen) atoms. The fourth-order valence-electron chi connectivity index (χ4n) is 1.23.